The standard InChI is InChI=1S/C17H14F3N3O2/c18-17(19,20)25-14-8-4-3-7-13(14)23-16(24)10-9-15-21-11-5-1-2-6-12(11)22-15/h1-8H,9-10H2,(H,21,22)(H,23,24). The van der Waals surface area contributed by atoms with E-state index in [2.05, 4.69) is 20.0 Å². The van der Waals surface area contributed by atoms with E-state index in [1.807, 2.05) is 24.3 Å². The Morgan fingerprint density at radius 2 is 1.84 bits per heavy atom. The second-order valence-electron chi connectivity index (χ2n) is 5.29. The van der Waals surface area contributed by atoms with Gasteiger partial charge >= 0.3 is 6.36 Å². The summed E-state index contributed by atoms with van der Waals surface area (Å²) in [4.78, 5) is 19.5. The predicted molar refractivity (Wildman–Crippen MR) is 86.2 cm³/mol. The van der Waals surface area contributed by atoms with Gasteiger partial charge in [0.2, 0.25) is 5.91 Å². The minimum Gasteiger partial charge on any atom is -0.404 e. The van der Waals surface area contributed by atoms with Gasteiger partial charge < -0.3 is 15.0 Å². The Labute approximate surface area is 140 Å². The monoisotopic (exact) mass is 349 g/mol. The van der Waals surface area contributed by atoms with Gasteiger partial charge in [0.1, 0.15) is 5.82 Å². The SMILES string of the molecule is O=C(CCc1nc2ccccc2[nH]1)Nc1ccccc1OC(F)(F)F. The van der Waals surface area contributed by atoms with Gasteiger partial charge in [0.05, 0.1) is 16.7 Å². The second kappa shape index (κ2) is 6.84. The lowest BCUT2D eigenvalue weighted by Crippen LogP contribution is -2.19. The summed E-state index contributed by atoms with van der Waals surface area (Å²) in [6.45, 7) is 0. The fourth-order valence-electron chi connectivity index (χ4n) is 2.35. The van der Waals surface area contributed by atoms with Crippen molar-refractivity contribution in [2.24, 2.45) is 0 Å². The van der Waals surface area contributed by atoms with Gasteiger partial charge in [-0.05, 0) is 24.3 Å². The second-order valence-corrected chi connectivity index (χ2v) is 5.29. The van der Waals surface area contributed by atoms with Crippen LogP contribution in [0.25, 0.3) is 11.0 Å². The average Bonchev–Trinajstić information content (AvgIpc) is 2.96. The van der Waals surface area contributed by atoms with E-state index in [4.69, 9.17) is 0 Å². The number of rotatable bonds is 5. The van der Waals surface area contributed by atoms with Crippen LogP contribution in [-0.2, 0) is 11.2 Å². The van der Waals surface area contributed by atoms with Crippen LogP contribution in [0.5, 0.6) is 5.75 Å². The third-order valence-electron chi connectivity index (χ3n) is 3.41. The number of benzene rings is 2. The number of anilines is 1. The normalized spacial score (nSPS) is 11.5. The fourth-order valence-corrected chi connectivity index (χ4v) is 2.35. The third kappa shape index (κ3) is 4.50. The molecule has 2 N–H and O–H groups in total. The number of carbonyl (C=O) groups is 1. The zero-order chi connectivity index (χ0) is 17.9. The van der Waals surface area contributed by atoms with E-state index in [0.29, 0.717) is 12.2 Å². The average molecular weight is 349 g/mol. The number of nitrogens with zero attached hydrogens (tertiary/aromatic N) is 1. The maximum Gasteiger partial charge on any atom is 0.573 e. The number of aromatic nitrogens is 2. The zero-order valence-electron chi connectivity index (χ0n) is 12.9. The van der Waals surface area contributed by atoms with Crippen LogP contribution in [0.2, 0.25) is 0 Å². The molecule has 0 radical (unpaired) electrons. The maximum atomic E-state index is 12.4. The van der Waals surface area contributed by atoms with Crippen LogP contribution >= 0.6 is 0 Å². The number of nitrogens with one attached hydrogen (secondary N) is 2. The van der Waals surface area contributed by atoms with Crippen LogP contribution in [-0.4, -0.2) is 22.2 Å². The topological polar surface area (TPSA) is 67.0 Å². The summed E-state index contributed by atoms with van der Waals surface area (Å²) in [6.07, 6.45) is -4.42. The van der Waals surface area contributed by atoms with Gasteiger partial charge in [-0.2, -0.15) is 0 Å². The number of hydrogen-bond donors (Lipinski definition) is 2. The quantitative estimate of drug-likeness (QED) is 0.731. The summed E-state index contributed by atoms with van der Waals surface area (Å²) in [7, 11) is 0. The molecule has 1 aromatic heterocycles. The molecule has 8 heteroatoms. The number of amides is 1. The summed E-state index contributed by atoms with van der Waals surface area (Å²) in [5.74, 6) is -0.248. The molecule has 0 fully saturated rings. The van der Waals surface area contributed by atoms with E-state index >= 15 is 0 Å². The summed E-state index contributed by atoms with van der Waals surface area (Å²) < 4.78 is 41.0. The molecule has 130 valence electrons. The van der Waals surface area contributed by atoms with Crippen molar-refractivity contribution in [2.45, 2.75) is 19.2 Å². The van der Waals surface area contributed by atoms with E-state index in [-0.39, 0.29) is 12.1 Å². The maximum absolute atomic E-state index is 12.4. The molecule has 0 aliphatic heterocycles. The van der Waals surface area contributed by atoms with Crippen molar-refractivity contribution in [3.63, 3.8) is 0 Å². The fraction of sp³-hybridized carbons (Fsp3) is 0.176. The molecule has 2 aromatic carbocycles. The summed E-state index contributed by atoms with van der Waals surface area (Å²) in [6, 6.07) is 12.8. The Hall–Kier alpha value is -3.03. The molecule has 0 bridgehead atoms. The van der Waals surface area contributed by atoms with Gasteiger partial charge in [0.15, 0.2) is 5.75 Å². The van der Waals surface area contributed by atoms with Crippen LogP contribution in [0.1, 0.15) is 12.2 Å². The van der Waals surface area contributed by atoms with E-state index in [1.54, 1.807) is 0 Å². The van der Waals surface area contributed by atoms with Gasteiger partial charge in [-0.3, -0.25) is 4.79 Å². The summed E-state index contributed by atoms with van der Waals surface area (Å²) >= 11 is 0. The number of alkyl halides is 3. The Morgan fingerprint density at radius 3 is 2.60 bits per heavy atom. The molecule has 0 saturated heterocycles. The zero-order valence-corrected chi connectivity index (χ0v) is 12.9. The molecule has 0 unspecified atom stereocenters. The van der Waals surface area contributed by atoms with Crippen molar-refractivity contribution >= 4 is 22.6 Å². The van der Waals surface area contributed by atoms with E-state index in [9.17, 15) is 18.0 Å². The largest absolute Gasteiger partial charge is 0.573 e. The molecule has 0 atom stereocenters. The molecule has 0 aliphatic carbocycles. The number of imidazole rings is 1. The summed E-state index contributed by atoms with van der Waals surface area (Å²) in [5, 5.41) is 2.43. The number of hydrogen-bond acceptors (Lipinski definition) is 3. The number of para-hydroxylation sites is 4. The minimum atomic E-state index is -4.82. The van der Waals surface area contributed by atoms with E-state index in [0.717, 1.165) is 17.1 Å². The molecule has 0 aliphatic rings. The van der Waals surface area contributed by atoms with Gasteiger partial charge in [0.25, 0.3) is 0 Å². The summed E-state index contributed by atoms with van der Waals surface area (Å²) in [5.41, 5.74) is 1.62. The Balaban J connectivity index is 1.63. The van der Waals surface area contributed by atoms with Crippen molar-refractivity contribution in [2.75, 3.05) is 5.32 Å². The van der Waals surface area contributed by atoms with Crippen molar-refractivity contribution in [1.29, 1.82) is 0 Å². The smallest absolute Gasteiger partial charge is 0.404 e. The number of fused-ring (bicyclic) bond motifs is 1. The lowest BCUT2D eigenvalue weighted by atomic mass is 10.2. The van der Waals surface area contributed by atoms with Crippen molar-refractivity contribution in [1.82, 2.24) is 9.97 Å². The van der Waals surface area contributed by atoms with Gasteiger partial charge in [-0.15, -0.1) is 13.2 Å². The highest BCUT2D eigenvalue weighted by molar-refractivity contribution is 5.92. The molecule has 3 aromatic rings. The minimum absolute atomic E-state index is 0.0329. The molecular formula is C17H14F3N3O2. The number of aromatic amines is 1. The first-order chi connectivity index (χ1) is 11.9. The highest BCUT2D eigenvalue weighted by Gasteiger charge is 2.32. The number of aryl methyl sites for hydroxylation is 1. The van der Waals surface area contributed by atoms with Crippen LogP contribution in [0.3, 0.4) is 0 Å². The molecule has 0 saturated carbocycles. The molecular weight excluding hydrogens is 335 g/mol. The first kappa shape index (κ1) is 16.8. The number of ether oxygens (including phenoxy) is 1. The van der Waals surface area contributed by atoms with Gasteiger partial charge in [-0.25, -0.2) is 4.98 Å². The number of halogens is 3. The Bertz CT molecular complexity index is 857. The third-order valence-corrected chi connectivity index (χ3v) is 3.41. The predicted octanol–water partition coefficient (Wildman–Crippen LogP) is 4.03. The Kier molecular flexibility index (Phi) is 4.60. The van der Waals surface area contributed by atoms with Crippen molar-refractivity contribution in [3.8, 4) is 5.75 Å². The van der Waals surface area contributed by atoms with Crippen LogP contribution in [0.4, 0.5) is 18.9 Å². The van der Waals surface area contributed by atoms with Crippen LogP contribution in [0, 0.1) is 0 Å². The van der Waals surface area contributed by atoms with Gasteiger partial charge in [0, 0.05) is 12.8 Å². The number of carbonyl (C=O) groups excluding carboxylic acids is 1. The molecule has 5 nitrogen and oxygen atoms in total. The molecule has 3 rings (SSSR count). The number of H-pyrrole nitrogens is 1. The highest BCUT2D eigenvalue weighted by atomic mass is 19.4. The molecule has 1 amide bonds. The lowest BCUT2D eigenvalue weighted by Gasteiger charge is -2.13. The van der Waals surface area contributed by atoms with E-state index < -0.39 is 18.0 Å². The first-order valence-corrected chi connectivity index (χ1v) is 7.49. The lowest BCUT2D eigenvalue weighted by molar-refractivity contribution is -0.274. The van der Waals surface area contributed by atoms with Crippen molar-refractivity contribution < 1.29 is 22.7 Å². The van der Waals surface area contributed by atoms with E-state index in [1.165, 1.54) is 18.2 Å². The molecule has 1 heterocycles. The first-order valence-electron chi connectivity index (χ1n) is 7.49. The highest BCUT2D eigenvalue weighted by Crippen LogP contribution is 2.30. The Morgan fingerprint density at radius 1 is 1.12 bits per heavy atom. The van der Waals surface area contributed by atoms with Crippen LogP contribution < -0.4 is 10.1 Å². The van der Waals surface area contributed by atoms with Crippen molar-refractivity contribution in [3.05, 3.63) is 54.4 Å². The van der Waals surface area contributed by atoms with Crippen LogP contribution in [0.15, 0.2) is 48.5 Å². The molecule has 25 heavy (non-hydrogen) atoms. The van der Waals surface area contributed by atoms with Gasteiger partial charge in [-0.1, -0.05) is 24.3 Å². The molecule has 0 spiro atoms.